The molecule has 0 unspecified atom stereocenters. The summed E-state index contributed by atoms with van der Waals surface area (Å²) in [6.45, 7) is 1.83. The Bertz CT molecular complexity index is 1310. The molecular formula is C25H20ClN3O5. The number of halogens is 1. The van der Waals surface area contributed by atoms with E-state index in [1.807, 2.05) is 18.2 Å². The van der Waals surface area contributed by atoms with Gasteiger partial charge in [0, 0.05) is 22.2 Å². The molecule has 1 N–H and O–H groups in total. The fourth-order valence-electron chi connectivity index (χ4n) is 3.12. The van der Waals surface area contributed by atoms with Crippen molar-refractivity contribution in [3.05, 3.63) is 98.1 Å². The molecule has 0 fully saturated rings. The van der Waals surface area contributed by atoms with E-state index >= 15 is 0 Å². The van der Waals surface area contributed by atoms with E-state index in [1.165, 1.54) is 25.3 Å². The third kappa shape index (κ3) is 5.71. The number of para-hydroxylation sites is 1. The van der Waals surface area contributed by atoms with Gasteiger partial charge in [-0.25, -0.2) is 0 Å². The van der Waals surface area contributed by atoms with E-state index in [9.17, 15) is 20.2 Å². The van der Waals surface area contributed by atoms with Gasteiger partial charge in [0.25, 0.3) is 11.6 Å². The van der Waals surface area contributed by atoms with Crippen molar-refractivity contribution in [3.63, 3.8) is 0 Å². The topological polar surface area (TPSA) is 114 Å². The minimum Gasteiger partial charge on any atom is -0.493 e. The zero-order valence-electron chi connectivity index (χ0n) is 18.4. The van der Waals surface area contributed by atoms with Crippen LogP contribution in [0, 0.1) is 28.4 Å². The predicted molar refractivity (Wildman–Crippen MR) is 129 cm³/mol. The van der Waals surface area contributed by atoms with Gasteiger partial charge in [-0.15, -0.1) is 0 Å². The number of ether oxygens (including phenoxy) is 2. The molecule has 0 spiro atoms. The maximum Gasteiger partial charge on any atom is 0.293 e. The van der Waals surface area contributed by atoms with Crippen LogP contribution in [0.2, 0.25) is 5.02 Å². The minimum absolute atomic E-state index is 0.0115. The van der Waals surface area contributed by atoms with Crippen LogP contribution in [0.1, 0.15) is 16.7 Å². The highest BCUT2D eigenvalue weighted by Crippen LogP contribution is 2.34. The van der Waals surface area contributed by atoms with Gasteiger partial charge in [-0.1, -0.05) is 48.0 Å². The Balaban J connectivity index is 1.93. The first-order valence-electron chi connectivity index (χ1n) is 10.1. The standard InChI is InChI=1S/C25H20ClN3O5/c1-16-10-11-21(22(12-16)29(31)32)28-25(30)19(14-27)13-17-7-5-9-23(33-2)24(17)34-15-18-6-3-4-8-20(18)26/h3-13H,15H2,1-2H3,(H,28,30)/b19-13+. The number of nitrogens with one attached hydrogen (secondary N) is 1. The van der Waals surface area contributed by atoms with E-state index in [0.29, 0.717) is 27.6 Å². The number of rotatable bonds is 8. The molecule has 8 nitrogen and oxygen atoms in total. The Kier molecular flexibility index (Phi) is 7.85. The zero-order chi connectivity index (χ0) is 24.7. The smallest absolute Gasteiger partial charge is 0.293 e. The van der Waals surface area contributed by atoms with Crippen LogP contribution < -0.4 is 14.8 Å². The van der Waals surface area contributed by atoms with Gasteiger partial charge in [0.05, 0.1) is 12.0 Å². The number of anilines is 1. The number of benzene rings is 3. The number of carbonyl (C=O) groups excluding carboxylic acids is 1. The van der Waals surface area contributed by atoms with Gasteiger partial charge in [-0.2, -0.15) is 5.26 Å². The molecule has 0 aromatic heterocycles. The van der Waals surface area contributed by atoms with Crippen molar-refractivity contribution in [1.82, 2.24) is 0 Å². The van der Waals surface area contributed by atoms with Crippen molar-refractivity contribution in [1.29, 1.82) is 5.26 Å². The summed E-state index contributed by atoms with van der Waals surface area (Å²) in [7, 11) is 1.47. The molecule has 3 rings (SSSR count). The van der Waals surface area contributed by atoms with E-state index in [1.54, 1.807) is 43.3 Å². The van der Waals surface area contributed by atoms with Crippen LogP contribution >= 0.6 is 11.6 Å². The van der Waals surface area contributed by atoms with Crippen molar-refractivity contribution in [2.45, 2.75) is 13.5 Å². The Morgan fingerprint density at radius 1 is 1.21 bits per heavy atom. The molecule has 0 aliphatic carbocycles. The molecule has 1 amide bonds. The van der Waals surface area contributed by atoms with E-state index in [2.05, 4.69) is 5.32 Å². The normalized spacial score (nSPS) is 10.8. The van der Waals surface area contributed by atoms with Crippen molar-refractivity contribution in [2.24, 2.45) is 0 Å². The third-order valence-corrected chi connectivity index (χ3v) is 5.19. The van der Waals surface area contributed by atoms with E-state index in [0.717, 1.165) is 5.56 Å². The van der Waals surface area contributed by atoms with Crippen molar-refractivity contribution >= 4 is 35.0 Å². The van der Waals surface area contributed by atoms with Gasteiger partial charge in [-0.3, -0.25) is 14.9 Å². The van der Waals surface area contributed by atoms with Crippen molar-refractivity contribution in [2.75, 3.05) is 12.4 Å². The Hall–Kier alpha value is -4.35. The van der Waals surface area contributed by atoms with Crippen LogP contribution in [-0.4, -0.2) is 17.9 Å². The summed E-state index contributed by atoms with van der Waals surface area (Å²) in [5, 5.41) is 23.9. The first-order chi connectivity index (χ1) is 16.3. The molecule has 3 aromatic carbocycles. The summed E-state index contributed by atoms with van der Waals surface area (Å²) in [5.74, 6) is -0.0891. The van der Waals surface area contributed by atoms with E-state index in [4.69, 9.17) is 21.1 Å². The molecule has 0 radical (unpaired) electrons. The molecule has 3 aromatic rings. The highest BCUT2D eigenvalue weighted by atomic mass is 35.5. The lowest BCUT2D eigenvalue weighted by molar-refractivity contribution is -0.384. The number of aryl methyl sites for hydroxylation is 1. The summed E-state index contributed by atoms with van der Waals surface area (Å²) >= 11 is 6.21. The highest BCUT2D eigenvalue weighted by Gasteiger charge is 2.19. The second-order valence-electron chi connectivity index (χ2n) is 7.16. The molecule has 0 aliphatic rings. The van der Waals surface area contributed by atoms with Crippen molar-refractivity contribution < 1.29 is 19.2 Å². The average molecular weight is 478 g/mol. The number of nitro groups is 1. The SMILES string of the molecule is COc1cccc(/C=C(\C#N)C(=O)Nc2ccc(C)cc2[N+](=O)[O-])c1OCc1ccccc1Cl. The van der Waals surface area contributed by atoms with Crippen molar-refractivity contribution in [3.8, 4) is 17.6 Å². The quantitative estimate of drug-likeness (QED) is 0.193. The molecular weight excluding hydrogens is 458 g/mol. The second kappa shape index (κ2) is 11.0. The molecule has 172 valence electrons. The number of amides is 1. The van der Waals surface area contributed by atoms with Gasteiger partial charge in [0.1, 0.15) is 23.9 Å². The monoisotopic (exact) mass is 477 g/mol. The summed E-state index contributed by atoms with van der Waals surface area (Å²) in [6.07, 6.45) is 1.33. The minimum atomic E-state index is -0.797. The Labute approximate surface area is 201 Å². The zero-order valence-corrected chi connectivity index (χ0v) is 19.1. The molecule has 34 heavy (non-hydrogen) atoms. The van der Waals surface area contributed by atoms with Crippen LogP contribution in [-0.2, 0) is 11.4 Å². The van der Waals surface area contributed by atoms with Crippen LogP contribution in [0.3, 0.4) is 0 Å². The maximum atomic E-state index is 12.8. The van der Waals surface area contributed by atoms with Gasteiger partial charge in [-0.05, 0) is 36.8 Å². The Morgan fingerprint density at radius 3 is 2.65 bits per heavy atom. The summed E-state index contributed by atoms with van der Waals surface area (Å²) in [6, 6.07) is 18.4. The molecule has 0 aliphatic heterocycles. The lowest BCUT2D eigenvalue weighted by Gasteiger charge is -2.14. The van der Waals surface area contributed by atoms with Crippen LogP contribution in [0.25, 0.3) is 6.08 Å². The highest BCUT2D eigenvalue weighted by molar-refractivity contribution is 6.31. The maximum absolute atomic E-state index is 12.8. The lowest BCUT2D eigenvalue weighted by Crippen LogP contribution is -2.14. The summed E-state index contributed by atoms with van der Waals surface area (Å²) < 4.78 is 11.3. The molecule has 0 saturated heterocycles. The molecule has 9 heteroatoms. The van der Waals surface area contributed by atoms with Crippen LogP contribution in [0.4, 0.5) is 11.4 Å². The fraction of sp³-hybridized carbons (Fsp3) is 0.120. The van der Waals surface area contributed by atoms with E-state index in [-0.39, 0.29) is 23.6 Å². The van der Waals surface area contributed by atoms with Gasteiger partial charge in [0.2, 0.25) is 0 Å². The number of carbonyl (C=O) groups is 1. The fourth-order valence-corrected chi connectivity index (χ4v) is 3.31. The van der Waals surface area contributed by atoms with Crippen LogP contribution in [0.15, 0.2) is 66.2 Å². The first-order valence-corrected chi connectivity index (χ1v) is 10.4. The second-order valence-corrected chi connectivity index (χ2v) is 7.57. The van der Waals surface area contributed by atoms with Gasteiger partial charge >= 0.3 is 0 Å². The number of methoxy groups -OCH3 is 1. The van der Waals surface area contributed by atoms with Gasteiger partial charge < -0.3 is 14.8 Å². The number of nitro benzene ring substituents is 1. The largest absolute Gasteiger partial charge is 0.493 e. The van der Waals surface area contributed by atoms with Gasteiger partial charge in [0.15, 0.2) is 11.5 Å². The Morgan fingerprint density at radius 2 is 1.97 bits per heavy atom. The lowest BCUT2D eigenvalue weighted by atomic mass is 10.1. The average Bonchev–Trinajstić information content (AvgIpc) is 2.83. The number of nitriles is 1. The number of nitrogens with zero attached hydrogens (tertiary/aromatic N) is 2. The first kappa shape index (κ1) is 24.3. The number of hydrogen-bond acceptors (Lipinski definition) is 6. The number of hydrogen-bond donors (Lipinski definition) is 1. The molecule has 0 atom stereocenters. The summed E-state index contributed by atoms with van der Waals surface area (Å²) in [4.78, 5) is 23.5. The predicted octanol–water partition coefficient (Wildman–Crippen LogP) is 5.69. The molecule has 0 saturated carbocycles. The third-order valence-electron chi connectivity index (χ3n) is 4.82. The van der Waals surface area contributed by atoms with E-state index < -0.39 is 10.8 Å². The molecule has 0 bridgehead atoms. The molecule has 0 heterocycles. The van der Waals surface area contributed by atoms with Crippen LogP contribution in [0.5, 0.6) is 11.5 Å². The summed E-state index contributed by atoms with van der Waals surface area (Å²) in [5.41, 5.74) is 1.27.